The van der Waals surface area contributed by atoms with E-state index in [4.69, 9.17) is 5.73 Å². The fourth-order valence-electron chi connectivity index (χ4n) is 1.20. The van der Waals surface area contributed by atoms with E-state index in [2.05, 4.69) is 15.4 Å². The minimum absolute atomic E-state index is 0. The first kappa shape index (κ1) is 20.1. The van der Waals surface area contributed by atoms with E-state index in [9.17, 15) is 22.8 Å². The molecule has 0 saturated heterocycles. The highest BCUT2D eigenvalue weighted by Gasteiger charge is 2.35. The zero-order chi connectivity index (χ0) is 16.2. The van der Waals surface area contributed by atoms with Gasteiger partial charge in [0, 0.05) is 0 Å². The summed E-state index contributed by atoms with van der Waals surface area (Å²) in [7, 11) is 0. The van der Waals surface area contributed by atoms with Gasteiger partial charge in [-0.3, -0.25) is 20.0 Å². The monoisotopic (exact) mass is 344 g/mol. The number of halogens is 4. The van der Waals surface area contributed by atoms with E-state index >= 15 is 0 Å². The summed E-state index contributed by atoms with van der Waals surface area (Å²) < 4.78 is 36.7. The standard InChI is InChI=1S/C10H15F3N6O2.ClH/c1-4(2)6(14)7(21)15-3-5(20)16-9-17-8(18-19-9)10(11,12)13;/h4,6H,3,14H2,1-2H3,(H,15,21)(H2,16,17,18,19,20);1H/t6-;/m0./s1. The maximum Gasteiger partial charge on any atom is 0.451 e. The molecule has 0 fully saturated rings. The Hall–Kier alpha value is -1.88. The molecule has 0 saturated carbocycles. The third kappa shape index (κ3) is 5.85. The van der Waals surface area contributed by atoms with Gasteiger partial charge in [0.05, 0.1) is 12.6 Å². The molecule has 0 aliphatic carbocycles. The number of hydrogen-bond donors (Lipinski definition) is 4. The van der Waals surface area contributed by atoms with Crippen LogP contribution in [0.25, 0.3) is 0 Å². The highest BCUT2D eigenvalue weighted by Crippen LogP contribution is 2.26. The van der Waals surface area contributed by atoms with Crippen molar-refractivity contribution >= 4 is 30.2 Å². The largest absolute Gasteiger partial charge is 0.451 e. The average Bonchev–Trinajstić information content (AvgIpc) is 2.83. The first-order valence-electron chi connectivity index (χ1n) is 5.94. The molecule has 0 aliphatic rings. The van der Waals surface area contributed by atoms with Crippen molar-refractivity contribution in [2.45, 2.75) is 26.1 Å². The molecule has 1 rings (SSSR count). The smallest absolute Gasteiger partial charge is 0.346 e. The minimum atomic E-state index is -4.69. The van der Waals surface area contributed by atoms with Crippen LogP contribution in [0.5, 0.6) is 0 Å². The Balaban J connectivity index is 0.00000441. The van der Waals surface area contributed by atoms with Crippen LogP contribution in [0.15, 0.2) is 0 Å². The topological polar surface area (TPSA) is 126 Å². The lowest BCUT2D eigenvalue weighted by atomic mass is 10.1. The molecule has 1 atom stereocenters. The summed E-state index contributed by atoms with van der Waals surface area (Å²) in [6, 6.07) is -0.779. The van der Waals surface area contributed by atoms with Gasteiger partial charge < -0.3 is 11.1 Å². The Morgan fingerprint density at radius 2 is 1.95 bits per heavy atom. The summed E-state index contributed by atoms with van der Waals surface area (Å²) in [6.45, 7) is 3.02. The van der Waals surface area contributed by atoms with Crippen LogP contribution in [0, 0.1) is 5.92 Å². The van der Waals surface area contributed by atoms with Crippen LogP contribution >= 0.6 is 12.4 Å². The van der Waals surface area contributed by atoms with Crippen LogP contribution in [0.4, 0.5) is 19.1 Å². The molecule has 0 aliphatic heterocycles. The molecule has 1 aromatic heterocycles. The van der Waals surface area contributed by atoms with Crippen LogP contribution in [0.2, 0.25) is 0 Å². The van der Waals surface area contributed by atoms with E-state index < -0.39 is 42.3 Å². The number of carbonyl (C=O) groups is 2. The van der Waals surface area contributed by atoms with Crippen molar-refractivity contribution in [1.29, 1.82) is 0 Å². The molecule has 5 N–H and O–H groups in total. The van der Waals surface area contributed by atoms with Crippen molar-refractivity contribution in [2.75, 3.05) is 11.9 Å². The molecular weight excluding hydrogens is 329 g/mol. The molecule has 0 unspecified atom stereocenters. The molecule has 2 amide bonds. The number of nitrogens with two attached hydrogens (primary N) is 1. The number of H-pyrrole nitrogens is 1. The van der Waals surface area contributed by atoms with Gasteiger partial charge in [-0.25, -0.2) is 0 Å². The van der Waals surface area contributed by atoms with Crippen LogP contribution in [0.3, 0.4) is 0 Å². The fourth-order valence-corrected chi connectivity index (χ4v) is 1.20. The van der Waals surface area contributed by atoms with Crippen LogP contribution in [0.1, 0.15) is 19.7 Å². The molecule has 1 heterocycles. The number of hydrogen-bond acceptors (Lipinski definition) is 5. The lowest BCUT2D eigenvalue weighted by Crippen LogP contribution is -2.46. The second-order valence-corrected chi connectivity index (χ2v) is 4.54. The number of nitrogens with zero attached hydrogens (tertiary/aromatic N) is 2. The van der Waals surface area contributed by atoms with E-state index in [0.29, 0.717) is 0 Å². The van der Waals surface area contributed by atoms with Gasteiger partial charge in [-0.2, -0.15) is 18.2 Å². The molecule has 1 aromatic rings. The highest BCUT2D eigenvalue weighted by atomic mass is 35.5. The Bertz CT molecular complexity index is 519. The summed E-state index contributed by atoms with van der Waals surface area (Å²) >= 11 is 0. The summed E-state index contributed by atoms with van der Waals surface area (Å²) in [6.07, 6.45) is -4.69. The number of nitrogens with one attached hydrogen (secondary N) is 3. The summed E-state index contributed by atoms with van der Waals surface area (Å²) in [4.78, 5) is 26.0. The Morgan fingerprint density at radius 1 is 1.36 bits per heavy atom. The maximum absolute atomic E-state index is 12.2. The normalized spacial score (nSPS) is 12.5. The maximum atomic E-state index is 12.2. The van der Waals surface area contributed by atoms with Gasteiger partial charge in [0.15, 0.2) is 0 Å². The van der Waals surface area contributed by atoms with E-state index in [-0.39, 0.29) is 18.3 Å². The Kier molecular flexibility index (Phi) is 7.26. The van der Waals surface area contributed by atoms with Crippen molar-refractivity contribution in [2.24, 2.45) is 11.7 Å². The van der Waals surface area contributed by atoms with Gasteiger partial charge in [0.1, 0.15) is 0 Å². The van der Waals surface area contributed by atoms with Crippen molar-refractivity contribution in [3.8, 4) is 0 Å². The lowest BCUT2D eigenvalue weighted by Gasteiger charge is -2.14. The second kappa shape index (κ2) is 7.94. The fraction of sp³-hybridized carbons (Fsp3) is 0.600. The third-order valence-electron chi connectivity index (χ3n) is 2.45. The number of carbonyl (C=O) groups excluding carboxylic acids is 2. The van der Waals surface area contributed by atoms with Gasteiger partial charge in [-0.05, 0) is 5.92 Å². The predicted octanol–water partition coefficient (Wildman–Crippen LogP) is 0.283. The van der Waals surface area contributed by atoms with E-state index in [1.54, 1.807) is 18.9 Å². The van der Waals surface area contributed by atoms with Crippen molar-refractivity contribution < 1.29 is 22.8 Å². The van der Waals surface area contributed by atoms with Crippen molar-refractivity contribution in [3.05, 3.63) is 5.82 Å². The van der Waals surface area contributed by atoms with Gasteiger partial charge in [0.2, 0.25) is 23.6 Å². The first-order valence-corrected chi connectivity index (χ1v) is 5.94. The molecule has 22 heavy (non-hydrogen) atoms. The van der Waals surface area contributed by atoms with Gasteiger partial charge in [0.25, 0.3) is 0 Å². The number of amides is 2. The lowest BCUT2D eigenvalue weighted by molar-refractivity contribution is -0.144. The molecule has 8 nitrogen and oxygen atoms in total. The first-order chi connectivity index (χ1) is 9.61. The average molecular weight is 345 g/mol. The zero-order valence-electron chi connectivity index (χ0n) is 11.7. The highest BCUT2D eigenvalue weighted by molar-refractivity contribution is 5.94. The number of alkyl halides is 3. The zero-order valence-corrected chi connectivity index (χ0v) is 12.5. The third-order valence-corrected chi connectivity index (χ3v) is 2.45. The van der Waals surface area contributed by atoms with E-state index in [0.717, 1.165) is 0 Å². The molecule has 0 bridgehead atoms. The van der Waals surface area contributed by atoms with Crippen LogP contribution in [-0.4, -0.2) is 39.6 Å². The summed E-state index contributed by atoms with van der Waals surface area (Å²) in [5.41, 5.74) is 5.55. The Morgan fingerprint density at radius 3 is 2.41 bits per heavy atom. The number of aromatic amines is 1. The molecule has 0 aromatic carbocycles. The molecule has 12 heteroatoms. The second-order valence-electron chi connectivity index (χ2n) is 4.54. The van der Waals surface area contributed by atoms with E-state index in [1.165, 1.54) is 0 Å². The Labute approximate surface area is 129 Å². The van der Waals surface area contributed by atoms with Gasteiger partial charge >= 0.3 is 6.18 Å². The van der Waals surface area contributed by atoms with Crippen molar-refractivity contribution in [1.82, 2.24) is 20.5 Å². The predicted molar refractivity (Wildman–Crippen MR) is 73.1 cm³/mol. The summed E-state index contributed by atoms with van der Waals surface area (Å²) in [5.74, 6) is -3.29. The van der Waals surface area contributed by atoms with E-state index in [1.807, 2.05) is 5.32 Å². The quantitative estimate of drug-likeness (QED) is 0.610. The number of aromatic nitrogens is 3. The van der Waals surface area contributed by atoms with Crippen molar-refractivity contribution in [3.63, 3.8) is 0 Å². The molecule has 0 radical (unpaired) electrons. The van der Waals surface area contributed by atoms with Crippen LogP contribution in [-0.2, 0) is 15.8 Å². The SMILES string of the molecule is CC(C)[C@H](N)C(=O)NCC(=O)Nc1n[nH]c(C(F)(F)F)n1.Cl. The molecule has 126 valence electrons. The minimum Gasteiger partial charge on any atom is -0.346 e. The molecule has 0 spiro atoms. The van der Waals surface area contributed by atoms with Gasteiger partial charge in [-0.1, -0.05) is 13.8 Å². The van der Waals surface area contributed by atoms with Gasteiger partial charge in [-0.15, -0.1) is 17.5 Å². The summed E-state index contributed by atoms with van der Waals surface area (Å²) in [5, 5.41) is 9.10. The number of rotatable bonds is 5. The number of anilines is 1. The molecular formula is C10H16ClF3N6O2. The van der Waals surface area contributed by atoms with Crippen LogP contribution < -0.4 is 16.4 Å².